The summed E-state index contributed by atoms with van der Waals surface area (Å²) >= 11 is 8.28. The minimum atomic E-state index is -0.231. The molecule has 3 nitrogen and oxygen atoms in total. The molecule has 0 saturated carbocycles. The number of halogens is 2. The molecule has 2 atom stereocenters. The van der Waals surface area contributed by atoms with Crippen LogP contribution in [0.15, 0.2) is 18.2 Å². The van der Waals surface area contributed by atoms with E-state index >= 15 is 0 Å². The topological polar surface area (TPSA) is 35.5 Å². The Kier molecular flexibility index (Phi) is 4.36. The molecule has 1 aromatic rings. The van der Waals surface area contributed by atoms with Gasteiger partial charge in [0.1, 0.15) is 0 Å². The van der Waals surface area contributed by atoms with Gasteiger partial charge in [0.05, 0.1) is 17.2 Å². The molecule has 0 bridgehead atoms. The third-order valence-electron chi connectivity index (χ3n) is 4.14. The van der Waals surface area contributed by atoms with Crippen molar-refractivity contribution < 1.29 is 14.3 Å². The van der Waals surface area contributed by atoms with E-state index in [0.29, 0.717) is 23.8 Å². The Balaban J connectivity index is 1.77. The Morgan fingerprint density at radius 3 is 2.95 bits per heavy atom. The van der Waals surface area contributed by atoms with Crippen molar-refractivity contribution in [3.63, 3.8) is 0 Å². The molecule has 2 aliphatic rings. The maximum Gasteiger partial charge on any atom is 0.166 e. The van der Waals surface area contributed by atoms with Crippen molar-refractivity contribution >= 4 is 40.0 Å². The van der Waals surface area contributed by atoms with Crippen molar-refractivity contribution in [2.75, 3.05) is 19.8 Å². The van der Waals surface area contributed by atoms with Crippen LogP contribution in [-0.4, -0.2) is 31.2 Å². The van der Waals surface area contributed by atoms with E-state index in [9.17, 15) is 4.79 Å². The molecule has 0 aliphatic carbocycles. The van der Waals surface area contributed by atoms with Gasteiger partial charge in [0.25, 0.3) is 0 Å². The van der Waals surface area contributed by atoms with Crippen LogP contribution in [0.4, 0.5) is 0 Å². The number of carbonyl (C=O) groups is 1. The summed E-state index contributed by atoms with van der Waals surface area (Å²) in [6.07, 6.45) is 2.43. The van der Waals surface area contributed by atoms with Crippen molar-refractivity contribution in [2.24, 2.45) is 5.92 Å². The summed E-state index contributed by atoms with van der Waals surface area (Å²) < 4.78 is 12.3. The Morgan fingerprint density at radius 1 is 1.40 bits per heavy atom. The number of carbonyl (C=O) groups excluding carboxylic acids is 1. The van der Waals surface area contributed by atoms with Gasteiger partial charge in [-0.2, -0.15) is 0 Å². The van der Waals surface area contributed by atoms with Crippen LogP contribution in [0, 0.1) is 9.49 Å². The highest BCUT2D eigenvalue weighted by atomic mass is 127. The van der Waals surface area contributed by atoms with Crippen molar-refractivity contribution in [3.8, 4) is 0 Å². The second-order valence-corrected chi connectivity index (χ2v) is 7.09. The molecule has 20 heavy (non-hydrogen) atoms. The van der Waals surface area contributed by atoms with E-state index in [1.165, 1.54) is 0 Å². The minimum absolute atomic E-state index is 0.0153. The van der Waals surface area contributed by atoms with Crippen LogP contribution in [0.5, 0.6) is 0 Å². The Hall–Kier alpha value is -0.170. The first-order chi connectivity index (χ1) is 9.60. The fourth-order valence-electron chi connectivity index (χ4n) is 3.00. The van der Waals surface area contributed by atoms with Crippen molar-refractivity contribution in [3.05, 3.63) is 32.4 Å². The zero-order valence-electron chi connectivity index (χ0n) is 11.0. The quantitative estimate of drug-likeness (QED) is 0.555. The number of rotatable bonds is 2. The first-order valence-corrected chi connectivity index (χ1v) is 8.26. The number of hydrogen-bond donors (Lipinski definition) is 0. The molecule has 0 amide bonds. The van der Waals surface area contributed by atoms with Gasteiger partial charge in [-0.1, -0.05) is 17.7 Å². The van der Waals surface area contributed by atoms with E-state index in [2.05, 4.69) is 22.6 Å². The summed E-state index contributed by atoms with van der Waals surface area (Å²) in [6, 6.07) is 5.53. The van der Waals surface area contributed by atoms with Crippen molar-refractivity contribution in [1.29, 1.82) is 0 Å². The van der Waals surface area contributed by atoms with Gasteiger partial charge >= 0.3 is 0 Å². The van der Waals surface area contributed by atoms with Crippen LogP contribution in [0.3, 0.4) is 0 Å². The maximum atomic E-state index is 12.6. The van der Waals surface area contributed by atoms with E-state index in [-0.39, 0.29) is 17.3 Å². The predicted molar refractivity (Wildman–Crippen MR) is 85.3 cm³/mol. The van der Waals surface area contributed by atoms with Gasteiger partial charge in [-0.15, -0.1) is 0 Å². The van der Waals surface area contributed by atoms with Gasteiger partial charge in [0, 0.05) is 34.7 Å². The first kappa shape index (κ1) is 14.8. The average molecular weight is 407 g/mol. The molecular formula is C15H16ClIO3. The van der Waals surface area contributed by atoms with E-state index in [1.54, 1.807) is 6.07 Å². The number of ketones is 1. The summed E-state index contributed by atoms with van der Waals surface area (Å²) in [5.74, 6) is 0.194. The summed E-state index contributed by atoms with van der Waals surface area (Å²) in [7, 11) is 0. The molecule has 0 radical (unpaired) electrons. The molecule has 1 aromatic carbocycles. The Bertz CT molecular complexity index is 526. The fourth-order valence-corrected chi connectivity index (χ4v) is 3.52. The van der Waals surface area contributed by atoms with Gasteiger partial charge in [0.2, 0.25) is 0 Å². The number of ether oxygens (including phenoxy) is 2. The summed E-state index contributed by atoms with van der Waals surface area (Å²) in [5, 5.41) is 0.641. The summed E-state index contributed by atoms with van der Waals surface area (Å²) in [6.45, 7) is 1.98. The monoisotopic (exact) mass is 406 g/mol. The molecule has 108 valence electrons. The lowest BCUT2D eigenvalue weighted by molar-refractivity contribution is -0.0920. The van der Waals surface area contributed by atoms with Crippen LogP contribution < -0.4 is 0 Å². The largest absolute Gasteiger partial charge is 0.378 e. The predicted octanol–water partition coefficient (Wildman–Crippen LogP) is 3.71. The highest BCUT2D eigenvalue weighted by Crippen LogP contribution is 2.37. The first-order valence-electron chi connectivity index (χ1n) is 6.81. The lowest BCUT2D eigenvalue weighted by Gasteiger charge is -2.36. The average Bonchev–Trinajstić information content (AvgIpc) is 2.89. The molecule has 3 rings (SSSR count). The van der Waals surface area contributed by atoms with Crippen LogP contribution in [-0.2, 0) is 9.47 Å². The standard InChI is InChI=1S/C15H16ClIO3/c16-12-7-10(1-2-13(12)17)14(18)11-3-5-20-15(8-11)4-6-19-9-15/h1-2,7,11H,3-6,8-9H2. The second-order valence-electron chi connectivity index (χ2n) is 5.52. The Morgan fingerprint density at radius 2 is 2.25 bits per heavy atom. The van der Waals surface area contributed by atoms with Crippen molar-refractivity contribution in [2.45, 2.75) is 24.9 Å². The van der Waals surface area contributed by atoms with Gasteiger partial charge < -0.3 is 9.47 Å². The minimum Gasteiger partial charge on any atom is -0.378 e. The van der Waals surface area contributed by atoms with E-state index in [1.807, 2.05) is 12.1 Å². The molecule has 1 spiro atoms. The highest BCUT2D eigenvalue weighted by molar-refractivity contribution is 14.1. The molecule has 2 fully saturated rings. The van der Waals surface area contributed by atoms with E-state index < -0.39 is 0 Å². The number of Topliss-reactive ketones (excluding diaryl/α,β-unsaturated/α-hetero) is 1. The fraction of sp³-hybridized carbons (Fsp3) is 0.533. The van der Waals surface area contributed by atoms with Crippen molar-refractivity contribution in [1.82, 2.24) is 0 Å². The SMILES string of the molecule is O=C(c1ccc(I)c(Cl)c1)C1CCOC2(CCOC2)C1. The normalized spacial score (nSPS) is 29.8. The highest BCUT2D eigenvalue weighted by Gasteiger charge is 2.43. The van der Waals surface area contributed by atoms with Crippen LogP contribution in [0.2, 0.25) is 5.02 Å². The van der Waals surface area contributed by atoms with E-state index in [4.69, 9.17) is 21.1 Å². The van der Waals surface area contributed by atoms with Crippen LogP contribution >= 0.6 is 34.2 Å². The molecular weight excluding hydrogens is 391 g/mol. The number of benzene rings is 1. The van der Waals surface area contributed by atoms with Gasteiger partial charge in [-0.05, 0) is 47.6 Å². The zero-order valence-corrected chi connectivity index (χ0v) is 13.9. The molecule has 5 heteroatoms. The van der Waals surface area contributed by atoms with E-state index in [0.717, 1.165) is 29.4 Å². The smallest absolute Gasteiger partial charge is 0.166 e. The summed E-state index contributed by atoms with van der Waals surface area (Å²) in [5.41, 5.74) is 0.474. The molecule has 0 aromatic heterocycles. The third-order valence-corrected chi connectivity index (χ3v) is 5.71. The molecule has 2 aliphatic heterocycles. The zero-order chi connectivity index (χ0) is 14.2. The molecule has 0 N–H and O–H groups in total. The third kappa shape index (κ3) is 2.89. The molecule has 2 saturated heterocycles. The molecule has 2 unspecified atom stereocenters. The van der Waals surface area contributed by atoms with Gasteiger partial charge in [-0.3, -0.25) is 4.79 Å². The summed E-state index contributed by atoms with van der Waals surface area (Å²) in [4.78, 5) is 12.6. The lowest BCUT2D eigenvalue weighted by Crippen LogP contribution is -2.42. The second kappa shape index (κ2) is 5.91. The molecule has 2 heterocycles. The van der Waals surface area contributed by atoms with Gasteiger partial charge in [0.15, 0.2) is 5.78 Å². The Labute approximate surface area is 137 Å². The lowest BCUT2D eigenvalue weighted by atomic mass is 9.81. The van der Waals surface area contributed by atoms with Gasteiger partial charge in [-0.25, -0.2) is 0 Å². The van der Waals surface area contributed by atoms with Crippen LogP contribution in [0.25, 0.3) is 0 Å². The maximum absolute atomic E-state index is 12.6. The van der Waals surface area contributed by atoms with Crippen LogP contribution in [0.1, 0.15) is 29.6 Å². The number of hydrogen-bond acceptors (Lipinski definition) is 3.